The molecule has 2 N–H and O–H groups in total. The van der Waals surface area contributed by atoms with Crippen molar-refractivity contribution in [2.75, 3.05) is 31.6 Å². The molecule has 0 unspecified atom stereocenters. The van der Waals surface area contributed by atoms with Crippen molar-refractivity contribution in [1.29, 1.82) is 5.26 Å². The van der Waals surface area contributed by atoms with Gasteiger partial charge in [0, 0.05) is 51.0 Å². The number of nitrogens with one attached hydrogen (secondary N) is 2. The number of carbonyl (C=O) groups excluding carboxylic acids is 1. The number of para-hydroxylation sites is 1. The number of piperidine rings is 1. The number of benzene rings is 2. The zero-order valence-corrected chi connectivity index (χ0v) is 26.3. The molecule has 2 fully saturated rings. The Balaban J connectivity index is 1.05. The number of nitrogens with zero attached hydrogens (tertiary/aromatic N) is 7. The van der Waals surface area contributed by atoms with Crippen molar-refractivity contribution in [1.82, 2.24) is 35.2 Å². The largest absolute Gasteiger partial charge is 0.438 e. The lowest BCUT2D eigenvalue weighted by molar-refractivity contribution is -0.123. The predicted molar refractivity (Wildman–Crippen MR) is 174 cm³/mol. The maximum Gasteiger partial charge on any atom is 0.242 e. The monoisotopic (exact) mass is 621 g/mol. The number of aryl methyl sites for hydroxylation is 2. The van der Waals surface area contributed by atoms with Crippen LogP contribution < -0.4 is 15.4 Å². The second-order valence-electron chi connectivity index (χ2n) is 12.0. The molecular formula is C34H39N9O3. The van der Waals surface area contributed by atoms with E-state index in [2.05, 4.69) is 25.8 Å². The van der Waals surface area contributed by atoms with E-state index in [9.17, 15) is 4.79 Å². The van der Waals surface area contributed by atoms with Crippen molar-refractivity contribution >= 4 is 28.8 Å². The normalized spacial score (nSPS) is 16.5. The SMILES string of the molecule is Cc1cc(/C=C/C#N)cc(C)c1Oc1nc(NC2CCN(Cc3cn(CC(=O)NC4CCOCC4)nn3)CC2)nc2ccccc12. The summed E-state index contributed by atoms with van der Waals surface area (Å²) in [5.41, 5.74) is 4.52. The van der Waals surface area contributed by atoms with Crippen LogP contribution in [-0.2, 0) is 22.6 Å². The Hall–Kier alpha value is -4.86. The molecule has 2 aliphatic rings. The fourth-order valence-corrected chi connectivity index (χ4v) is 6.06. The van der Waals surface area contributed by atoms with Crippen molar-refractivity contribution in [3.05, 3.63) is 71.1 Å². The number of fused-ring (bicyclic) bond motifs is 1. The van der Waals surface area contributed by atoms with Crippen LogP contribution in [0.15, 0.2) is 48.7 Å². The predicted octanol–water partition coefficient (Wildman–Crippen LogP) is 4.54. The molecule has 0 atom stereocenters. The van der Waals surface area contributed by atoms with Crippen molar-refractivity contribution in [3.63, 3.8) is 0 Å². The molecule has 238 valence electrons. The molecule has 2 aromatic carbocycles. The number of anilines is 1. The first kappa shape index (κ1) is 31.1. The summed E-state index contributed by atoms with van der Waals surface area (Å²) in [5, 5.41) is 24.8. The quantitative estimate of drug-likeness (QED) is 0.242. The Morgan fingerprint density at radius 1 is 1.09 bits per heavy atom. The Morgan fingerprint density at radius 3 is 2.61 bits per heavy atom. The van der Waals surface area contributed by atoms with Crippen LogP contribution in [0, 0.1) is 25.2 Å². The van der Waals surface area contributed by atoms with Gasteiger partial charge in [-0.3, -0.25) is 9.69 Å². The third-order valence-corrected chi connectivity index (χ3v) is 8.38. The third kappa shape index (κ3) is 7.85. The van der Waals surface area contributed by atoms with Crippen LogP contribution in [0.5, 0.6) is 11.6 Å². The van der Waals surface area contributed by atoms with Gasteiger partial charge in [0.05, 0.1) is 28.9 Å². The second-order valence-corrected chi connectivity index (χ2v) is 12.0. The topological polar surface area (TPSA) is 143 Å². The number of aromatic nitrogens is 5. The van der Waals surface area contributed by atoms with Crippen LogP contribution >= 0.6 is 0 Å². The van der Waals surface area contributed by atoms with Crippen molar-refractivity contribution in [3.8, 4) is 17.7 Å². The summed E-state index contributed by atoms with van der Waals surface area (Å²) in [6.45, 7) is 7.98. The zero-order chi connectivity index (χ0) is 31.9. The third-order valence-electron chi connectivity index (χ3n) is 8.38. The number of ether oxygens (including phenoxy) is 2. The fourth-order valence-electron chi connectivity index (χ4n) is 6.06. The number of hydrogen-bond acceptors (Lipinski definition) is 10. The van der Waals surface area contributed by atoms with E-state index in [4.69, 9.17) is 24.7 Å². The first-order valence-electron chi connectivity index (χ1n) is 15.8. The molecule has 12 nitrogen and oxygen atoms in total. The lowest BCUT2D eigenvalue weighted by atomic mass is 10.1. The number of allylic oxidation sites excluding steroid dienone is 1. The average molecular weight is 622 g/mol. The zero-order valence-electron chi connectivity index (χ0n) is 26.3. The van der Waals surface area contributed by atoms with Gasteiger partial charge in [-0.25, -0.2) is 9.67 Å². The number of rotatable bonds is 10. The second kappa shape index (κ2) is 14.5. The molecule has 2 saturated heterocycles. The fraction of sp³-hybridized carbons (Fsp3) is 0.412. The van der Waals surface area contributed by atoms with Gasteiger partial charge >= 0.3 is 0 Å². The summed E-state index contributed by atoms with van der Waals surface area (Å²) < 4.78 is 13.4. The molecule has 0 aliphatic carbocycles. The molecule has 12 heteroatoms. The van der Waals surface area contributed by atoms with Crippen molar-refractivity contribution in [2.24, 2.45) is 0 Å². The van der Waals surface area contributed by atoms with E-state index in [1.165, 1.54) is 6.08 Å². The number of hydrogen-bond donors (Lipinski definition) is 2. The minimum absolute atomic E-state index is 0.0488. The number of carbonyl (C=O) groups is 1. The van der Waals surface area contributed by atoms with E-state index in [0.717, 1.165) is 77.8 Å². The van der Waals surface area contributed by atoms with Gasteiger partial charge in [0.25, 0.3) is 0 Å². The maximum atomic E-state index is 12.4. The lowest BCUT2D eigenvalue weighted by Crippen LogP contribution is -2.40. The van der Waals surface area contributed by atoms with E-state index in [0.29, 0.717) is 31.6 Å². The average Bonchev–Trinajstić information content (AvgIpc) is 3.49. The first-order chi connectivity index (χ1) is 22.4. The highest BCUT2D eigenvalue weighted by Crippen LogP contribution is 2.34. The van der Waals surface area contributed by atoms with Crippen LogP contribution in [0.3, 0.4) is 0 Å². The molecule has 4 heterocycles. The van der Waals surface area contributed by atoms with Crippen LogP contribution in [0.25, 0.3) is 17.0 Å². The van der Waals surface area contributed by atoms with Gasteiger partial charge in [-0.15, -0.1) is 5.10 Å². The smallest absolute Gasteiger partial charge is 0.242 e. The number of likely N-dealkylation sites (tertiary alicyclic amines) is 1. The van der Waals surface area contributed by atoms with Crippen LogP contribution in [0.2, 0.25) is 0 Å². The summed E-state index contributed by atoms with van der Waals surface area (Å²) in [6.07, 6.45) is 8.65. The van der Waals surface area contributed by atoms with Crippen molar-refractivity contribution in [2.45, 2.75) is 64.7 Å². The van der Waals surface area contributed by atoms with Crippen molar-refractivity contribution < 1.29 is 14.3 Å². The Morgan fingerprint density at radius 2 is 1.85 bits per heavy atom. The Labute approximate surface area is 268 Å². The molecule has 0 radical (unpaired) electrons. The summed E-state index contributed by atoms with van der Waals surface area (Å²) in [7, 11) is 0. The van der Waals surface area contributed by atoms with E-state index < -0.39 is 0 Å². The van der Waals surface area contributed by atoms with Gasteiger partial charge in [-0.2, -0.15) is 10.2 Å². The van der Waals surface area contributed by atoms with Gasteiger partial charge < -0.3 is 20.1 Å². The Bertz CT molecular complexity index is 1730. The van der Waals surface area contributed by atoms with E-state index in [-0.39, 0.29) is 24.5 Å². The van der Waals surface area contributed by atoms with Gasteiger partial charge in [-0.1, -0.05) is 17.3 Å². The highest BCUT2D eigenvalue weighted by molar-refractivity contribution is 5.85. The van der Waals surface area contributed by atoms with E-state index in [1.54, 1.807) is 10.8 Å². The Kier molecular flexibility index (Phi) is 9.81. The number of nitriles is 1. The highest BCUT2D eigenvalue weighted by Gasteiger charge is 2.22. The summed E-state index contributed by atoms with van der Waals surface area (Å²) in [5.74, 6) is 1.74. The molecule has 2 aromatic heterocycles. The molecule has 46 heavy (non-hydrogen) atoms. The lowest BCUT2D eigenvalue weighted by Gasteiger charge is -2.31. The first-order valence-corrected chi connectivity index (χ1v) is 15.8. The molecule has 4 aromatic rings. The minimum Gasteiger partial charge on any atom is -0.438 e. The molecule has 6 rings (SSSR count). The molecule has 0 saturated carbocycles. The highest BCUT2D eigenvalue weighted by atomic mass is 16.5. The van der Waals surface area contributed by atoms with Gasteiger partial charge in [0.15, 0.2) is 0 Å². The van der Waals surface area contributed by atoms with Crippen LogP contribution in [0.1, 0.15) is 48.1 Å². The molecule has 1 amide bonds. The molecule has 0 bridgehead atoms. The van der Waals surface area contributed by atoms with Crippen LogP contribution in [0.4, 0.5) is 5.95 Å². The molecule has 0 spiro atoms. The van der Waals surface area contributed by atoms with Crippen LogP contribution in [-0.4, -0.2) is 74.2 Å². The summed E-state index contributed by atoms with van der Waals surface area (Å²) in [6, 6.07) is 14.3. The molecule has 2 aliphatic heterocycles. The standard InChI is InChI=1S/C34H39N9O3/c1-23-18-25(6-5-13-35)19-24(2)32(23)46-33-29-7-3-4-8-30(29)38-34(39-33)37-26-9-14-42(15-10-26)20-28-21-43(41-40-28)22-31(44)36-27-11-16-45-17-12-27/h3-8,18-19,21,26-27H,9-12,14-17,20,22H2,1-2H3,(H,36,44)(H,37,38,39)/b6-5+. The maximum absolute atomic E-state index is 12.4. The summed E-state index contributed by atoms with van der Waals surface area (Å²) in [4.78, 5) is 24.4. The van der Waals surface area contributed by atoms with Gasteiger partial charge in [-0.05, 0) is 86.6 Å². The van der Waals surface area contributed by atoms with E-state index >= 15 is 0 Å². The molecular weight excluding hydrogens is 582 g/mol. The van der Waals surface area contributed by atoms with Gasteiger partial charge in [0.1, 0.15) is 12.3 Å². The van der Waals surface area contributed by atoms with Gasteiger partial charge in [0.2, 0.25) is 17.7 Å². The number of amides is 1. The van der Waals surface area contributed by atoms with E-state index in [1.807, 2.05) is 62.5 Å². The summed E-state index contributed by atoms with van der Waals surface area (Å²) >= 11 is 0. The minimum atomic E-state index is -0.0488.